The molecule has 21 heavy (non-hydrogen) atoms. The first-order valence-corrected chi connectivity index (χ1v) is 7.27. The monoisotopic (exact) mass is 300 g/mol. The largest absolute Gasteiger partial charge is 0.389 e. The van der Waals surface area contributed by atoms with E-state index in [0.29, 0.717) is 18.0 Å². The van der Waals surface area contributed by atoms with Crippen molar-refractivity contribution < 1.29 is 4.79 Å². The highest BCUT2D eigenvalue weighted by atomic mass is 32.1. The van der Waals surface area contributed by atoms with Crippen LogP contribution in [0, 0.1) is 0 Å². The van der Waals surface area contributed by atoms with E-state index in [4.69, 9.17) is 18.0 Å². The number of thiocarbonyl (C=S) groups is 1. The van der Waals surface area contributed by atoms with Crippen LogP contribution in [0.4, 0.5) is 5.82 Å². The molecule has 4 N–H and O–H groups in total. The number of carbonyl (C=O) groups excluding carboxylic acids is 1. The van der Waals surface area contributed by atoms with E-state index in [-0.39, 0.29) is 11.9 Å². The summed E-state index contributed by atoms with van der Waals surface area (Å²) in [4.78, 5) is 16.1. The molecule has 1 atom stereocenters. The topological polar surface area (TPSA) is 80.0 Å². The number of nitrogens with two attached hydrogens (primary N) is 1. The average Bonchev–Trinajstić information content (AvgIpc) is 2.89. The number of para-hydroxylation sites is 1. The molecule has 5 nitrogen and oxygen atoms in total. The SMILES string of the molecule is NC(=S)c1cc(NCC2CCC(=O)N2)nc2ccccc12. The number of rotatable bonds is 4. The molecule has 1 fully saturated rings. The number of benzene rings is 1. The number of amides is 1. The van der Waals surface area contributed by atoms with Gasteiger partial charge in [-0.1, -0.05) is 30.4 Å². The van der Waals surface area contributed by atoms with Crippen LogP contribution in [0.3, 0.4) is 0 Å². The Kier molecular flexibility index (Phi) is 3.70. The fourth-order valence-corrected chi connectivity index (χ4v) is 2.70. The van der Waals surface area contributed by atoms with Gasteiger partial charge in [-0.15, -0.1) is 0 Å². The minimum Gasteiger partial charge on any atom is -0.389 e. The molecular weight excluding hydrogens is 284 g/mol. The molecule has 1 aromatic heterocycles. The van der Waals surface area contributed by atoms with Gasteiger partial charge in [-0.2, -0.15) is 0 Å². The highest BCUT2D eigenvalue weighted by molar-refractivity contribution is 7.80. The van der Waals surface area contributed by atoms with Gasteiger partial charge in [-0.25, -0.2) is 4.98 Å². The first-order chi connectivity index (χ1) is 10.1. The van der Waals surface area contributed by atoms with E-state index in [1.807, 2.05) is 30.3 Å². The van der Waals surface area contributed by atoms with Gasteiger partial charge in [0.15, 0.2) is 0 Å². The van der Waals surface area contributed by atoms with Gasteiger partial charge in [0, 0.05) is 30.0 Å². The summed E-state index contributed by atoms with van der Waals surface area (Å²) in [5, 5.41) is 7.12. The normalized spacial score (nSPS) is 17.7. The van der Waals surface area contributed by atoms with Crippen molar-refractivity contribution in [2.45, 2.75) is 18.9 Å². The molecule has 1 aliphatic rings. The molecule has 1 saturated heterocycles. The summed E-state index contributed by atoms with van der Waals surface area (Å²) >= 11 is 5.12. The summed E-state index contributed by atoms with van der Waals surface area (Å²) in [7, 11) is 0. The van der Waals surface area contributed by atoms with Crippen LogP contribution < -0.4 is 16.4 Å². The van der Waals surface area contributed by atoms with Crippen molar-refractivity contribution in [3.05, 3.63) is 35.9 Å². The number of hydrogen-bond acceptors (Lipinski definition) is 4. The minimum absolute atomic E-state index is 0.108. The Hall–Kier alpha value is -2.21. The van der Waals surface area contributed by atoms with E-state index in [1.54, 1.807) is 0 Å². The highest BCUT2D eigenvalue weighted by Gasteiger charge is 2.20. The molecule has 0 aliphatic carbocycles. The zero-order valence-corrected chi connectivity index (χ0v) is 12.2. The van der Waals surface area contributed by atoms with Crippen LogP contribution in [-0.2, 0) is 4.79 Å². The lowest BCUT2D eigenvalue weighted by Gasteiger charge is -2.14. The van der Waals surface area contributed by atoms with Gasteiger partial charge >= 0.3 is 0 Å². The molecular formula is C15H16N4OS. The summed E-state index contributed by atoms with van der Waals surface area (Å²) in [5.41, 5.74) is 7.47. The Bertz CT molecular complexity index is 716. The number of aromatic nitrogens is 1. The Morgan fingerprint density at radius 2 is 2.29 bits per heavy atom. The van der Waals surface area contributed by atoms with E-state index in [2.05, 4.69) is 15.6 Å². The molecule has 1 aliphatic heterocycles. The smallest absolute Gasteiger partial charge is 0.220 e. The third-order valence-electron chi connectivity index (χ3n) is 3.60. The Labute approximate surface area is 127 Å². The van der Waals surface area contributed by atoms with Crippen LogP contribution in [0.15, 0.2) is 30.3 Å². The van der Waals surface area contributed by atoms with E-state index in [0.717, 1.165) is 28.7 Å². The lowest BCUT2D eigenvalue weighted by Crippen LogP contribution is -2.32. The molecule has 3 rings (SSSR count). The molecule has 0 spiro atoms. The lowest BCUT2D eigenvalue weighted by atomic mass is 10.1. The van der Waals surface area contributed by atoms with Crippen molar-refractivity contribution in [2.24, 2.45) is 5.73 Å². The van der Waals surface area contributed by atoms with Crippen molar-refractivity contribution in [3.63, 3.8) is 0 Å². The summed E-state index contributed by atoms with van der Waals surface area (Å²) in [6.45, 7) is 0.647. The van der Waals surface area contributed by atoms with Crippen molar-refractivity contribution in [2.75, 3.05) is 11.9 Å². The maximum absolute atomic E-state index is 11.2. The molecule has 1 unspecified atom stereocenters. The average molecular weight is 300 g/mol. The standard InChI is InChI=1S/C15H16N4OS/c16-15(21)11-7-13(17-8-9-5-6-14(20)18-9)19-12-4-2-1-3-10(11)12/h1-4,7,9H,5-6,8H2,(H2,16,21)(H,17,19)(H,18,20). The van der Waals surface area contributed by atoms with Crippen LogP contribution in [0.25, 0.3) is 10.9 Å². The predicted octanol–water partition coefficient (Wildman–Crippen LogP) is 1.56. The van der Waals surface area contributed by atoms with Gasteiger partial charge < -0.3 is 16.4 Å². The molecule has 0 saturated carbocycles. The van der Waals surface area contributed by atoms with Crippen LogP contribution in [0.5, 0.6) is 0 Å². The molecule has 1 aromatic carbocycles. The third kappa shape index (κ3) is 2.95. The quantitative estimate of drug-likeness (QED) is 0.747. The first-order valence-electron chi connectivity index (χ1n) is 6.86. The Morgan fingerprint density at radius 1 is 1.48 bits per heavy atom. The number of hydrogen-bond donors (Lipinski definition) is 3. The molecule has 0 bridgehead atoms. The summed E-state index contributed by atoms with van der Waals surface area (Å²) in [6, 6.07) is 9.77. The first kappa shape index (κ1) is 13.8. The lowest BCUT2D eigenvalue weighted by molar-refractivity contribution is -0.119. The number of nitrogens with zero attached hydrogens (tertiary/aromatic N) is 1. The Balaban J connectivity index is 1.85. The molecule has 2 aromatic rings. The van der Waals surface area contributed by atoms with Crippen molar-refractivity contribution in [3.8, 4) is 0 Å². The number of carbonyl (C=O) groups is 1. The zero-order chi connectivity index (χ0) is 14.8. The maximum atomic E-state index is 11.2. The fourth-order valence-electron chi connectivity index (χ4n) is 2.53. The Morgan fingerprint density at radius 3 is 3.00 bits per heavy atom. The number of anilines is 1. The summed E-state index contributed by atoms with van der Waals surface area (Å²) < 4.78 is 0. The molecule has 0 radical (unpaired) electrons. The van der Waals surface area contributed by atoms with Gasteiger partial charge in [0.2, 0.25) is 5.91 Å². The van der Waals surface area contributed by atoms with E-state index >= 15 is 0 Å². The molecule has 108 valence electrons. The van der Waals surface area contributed by atoms with Crippen molar-refractivity contribution in [1.29, 1.82) is 0 Å². The fraction of sp³-hybridized carbons (Fsp3) is 0.267. The van der Waals surface area contributed by atoms with Gasteiger partial charge in [0.1, 0.15) is 10.8 Å². The summed E-state index contributed by atoms with van der Waals surface area (Å²) in [6.07, 6.45) is 1.44. The van der Waals surface area contributed by atoms with Crippen LogP contribution in [0.2, 0.25) is 0 Å². The zero-order valence-electron chi connectivity index (χ0n) is 11.4. The number of nitrogens with one attached hydrogen (secondary N) is 2. The maximum Gasteiger partial charge on any atom is 0.220 e. The summed E-state index contributed by atoms with van der Waals surface area (Å²) in [5.74, 6) is 0.828. The molecule has 6 heteroatoms. The van der Waals surface area contributed by atoms with Gasteiger partial charge in [0.05, 0.1) is 5.52 Å². The van der Waals surface area contributed by atoms with E-state index in [1.165, 1.54) is 0 Å². The molecule has 2 heterocycles. The van der Waals surface area contributed by atoms with E-state index < -0.39 is 0 Å². The van der Waals surface area contributed by atoms with Crippen molar-refractivity contribution in [1.82, 2.24) is 10.3 Å². The highest BCUT2D eigenvalue weighted by Crippen LogP contribution is 2.21. The second-order valence-electron chi connectivity index (χ2n) is 5.12. The third-order valence-corrected chi connectivity index (χ3v) is 3.82. The second kappa shape index (κ2) is 5.65. The van der Waals surface area contributed by atoms with Crippen molar-refractivity contribution >= 4 is 39.8 Å². The number of pyridine rings is 1. The van der Waals surface area contributed by atoms with Gasteiger partial charge in [-0.3, -0.25) is 4.79 Å². The minimum atomic E-state index is 0.108. The van der Waals surface area contributed by atoms with Gasteiger partial charge in [-0.05, 0) is 18.6 Å². The second-order valence-corrected chi connectivity index (χ2v) is 5.56. The predicted molar refractivity (Wildman–Crippen MR) is 87.3 cm³/mol. The van der Waals surface area contributed by atoms with Gasteiger partial charge in [0.25, 0.3) is 0 Å². The van der Waals surface area contributed by atoms with Crippen LogP contribution in [-0.4, -0.2) is 28.5 Å². The number of fused-ring (bicyclic) bond motifs is 1. The van der Waals surface area contributed by atoms with Crippen LogP contribution >= 0.6 is 12.2 Å². The van der Waals surface area contributed by atoms with Crippen LogP contribution in [0.1, 0.15) is 18.4 Å². The van der Waals surface area contributed by atoms with E-state index in [9.17, 15) is 4.79 Å². The molecule has 1 amide bonds.